The SMILES string of the molecule is ClC(Cl)Cl.c1ccc2c(-c3c(OCCOc4c5ccccc5cc5ccccc45)ccc4ccccc34)c(OCCOc3c4ccccc4cc4ccccc34)ccc2c1. The van der Waals surface area contributed by atoms with Crippen molar-refractivity contribution in [3.05, 3.63) is 182 Å². The maximum atomic E-state index is 6.71. The van der Waals surface area contributed by atoms with Crippen molar-refractivity contribution >= 4 is 99.4 Å². The van der Waals surface area contributed by atoms with E-state index in [2.05, 4.69) is 182 Å². The lowest BCUT2D eigenvalue weighted by molar-refractivity contribution is 0.219. The van der Waals surface area contributed by atoms with Crippen molar-refractivity contribution in [3.63, 3.8) is 0 Å². The zero-order valence-electron chi connectivity index (χ0n) is 32.5. The quantitative estimate of drug-likeness (QED) is 0.0738. The van der Waals surface area contributed by atoms with Crippen LogP contribution in [0.25, 0.3) is 75.8 Å². The van der Waals surface area contributed by atoms with Crippen LogP contribution in [0.5, 0.6) is 23.0 Å². The Hall–Kier alpha value is -6.17. The molecule has 0 radical (unpaired) electrons. The molecule has 10 rings (SSSR count). The van der Waals surface area contributed by atoms with Gasteiger partial charge in [0.15, 0.2) is 4.30 Å². The smallest absolute Gasteiger partial charge is 0.180 e. The Bertz CT molecular complexity index is 2810. The molecule has 0 aliphatic heterocycles. The van der Waals surface area contributed by atoms with E-state index >= 15 is 0 Å². The molecule has 0 unspecified atom stereocenters. The second-order valence-electron chi connectivity index (χ2n) is 14.3. The maximum Gasteiger partial charge on any atom is 0.180 e. The van der Waals surface area contributed by atoms with Gasteiger partial charge >= 0.3 is 0 Å². The molecule has 0 amide bonds. The van der Waals surface area contributed by atoms with Crippen LogP contribution in [0.3, 0.4) is 0 Å². The molecule has 0 aliphatic carbocycles. The minimum absolute atomic E-state index is 0.358. The number of alkyl halides is 3. The van der Waals surface area contributed by atoms with E-state index in [9.17, 15) is 0 Å². The van der Waals surface area contributed by atoms with Crippen LogP contribution in [0, 0.1) is 0 Å². The molecule has 0 spiro atoms. The van der Waals surface area contributed by atoms with Gasteiger partial charge in [0.05, 0.1) is 0 Å². The third-order valence-electron chi connectivity index (χ3n) is 10.6. The predicted octanol–water partition coefficient (Wildman–Crippen LogP) is 15.2. The van der Waals surface area contributed by atoms with Crippen LogP contribution in [-0.2, 0) is 0 Å². The molecule has 7 heteroatoms. The number of halogens is 3. The Morgan fingerprint density at radius 1 is 0.300 bits per heavy atom. The number of hydrogen-bond donors (Lipinski definition) is 0. The van der Waals surface area contributed by atoms with Crippen molar-refractivity contribution in [1.82, 2.24) is 0 Å². The number of hydrogen-bond acceptors (Lipinski definition) is 4. The molecule has 10 aromatic rings. The molecule has 296 valence electrons. The van der Waals surface area contributed by atoms with Crippen LogP contribution >= 0.6 is 34.8 Å². The van der Waals surface area contributed by atoms with Crippen molar-refractivity contribution in [2.24, 2.45) is 0 Å². The molecule has 0 aliphatic rings. The van der Waals surface area contributed by atoms with E-state index < -0.39 is 4.30 Å². The summed E-state index contributed by atoms with van der Waals surface area (Å²) in [6, 6.07) is 63.3. The van der Waals surface area contributed by atoms with Gasteiger partial charge in [-0.2, -0.15) is 0 Å². The number of benzene rings is 10. The second kappa shape index (κ2) is 18.0. The van der Waals surface area contributed by atoms with Gasteiger partial charge in [0.25, 0.3) is 0 Å². The standard InChI is InChI=1S/C52H38O4.CHCl3/c1-7-19-41-35(13-1)25-27-47(53-29-31-55-51-43-21-9-3-15-37(43)33-38-16-4-10-22-44(38)51)49(41)50-42-20-8-2-14-36(42)26-28-48(50)54-30-32-56-52-45-23-11-5-17-39(45)34-40-18-6-12-24-46(40)52;2-1(3)4/h1-28,33-34H,29-32H2;1H. The Morgan fingerprint density at radius 2 is 0.567 bits per heavy atom. The summed E-state index contributed by atoms with van der Waals surface area (Å²) in [6.07, 6.45) is 0. The summed E-state index contributed by atoms with van der Waals surface area (Å²) < 4.78 is 25.8. The van der Waals surface area contributed by atoms with Crippen LogP contribution in [0.15, 0.2) is 182 Å². The van der Waals surface area contributed by atoms with Gasteiger partial charge in [-0.15, -0.1) is 0 Å². The van der Waals surface area contributed by atoms with Gasteiger partial charge in [0.1, 0.15) is 49.4 Å². The summed E-state index contributed by atoms with van der Waals surface area (Å²) in [5.41, 5.74) is 1.98. The topological polar surface area (TPSA) is 36.9 Å². The summed E-state index contributed by atoms with van der Waals surface area (Å²) in [5, 5.41) is 13.4. The van der Waals surface area contributed by atoms with Gasteiger partial charge in [-0.3, -0.25) is 0 Å². The lowest BCUT2D eigenvalue weighted by Gasteiger charge is -2.20. The molecule has 0 saturated heterocycles. The van der Waals surface area contributed by atoms with Crippen molar-refractivity contribution < 1.29 is 18.9 Å². The first-order valence-corrected chi connectivity index (χ1v) is 21.1. The fourth-order valence-electron chi connectivity index (χ4n) is 8.10. The fourth-order valence-corrected chi connectivity index (χ4v) is 8.10. The number of fused-ring (bicyclic) bond motifs is 6. The molecule has 0 bridgehead atoms. The highest BCUT2D eigenvalue weighted by Gasteiger charge is 2.20. The Balaban J connectivity index is 0.00000111. The number of ether oxygens (including phenoxy) is 4. The molecular weight excluding hydrogens is 807 g/mol. The lowest BCUT2D eigenvalue weighted by Crippen LogP contribution is -2.11. The summed E-state index contributed by atoms with van der Waals surface area (Å²) in [7, 11) is 0. The summed E-state index contributed by atoms with van der Waals surface area (Å²) in [5.74, 6) is 3.30. The first kappa shape index (κ1) is 39.3. The van der Waals surface area contributed by atoms with Crippen molar-refractivity contribution in [1.29, 1.82) is 0 Å². The van der Waals surface area contributed by atoms with Crippen LogP contribution in [0.2, 0.25) is 0 Å². The van der Waals surface area contributed by atoms with Crippen LogP contribution < -0.4 is 18.9 Å². The minimum Gasteiger partial charge on any atom is -0.489 e. The zero-order chi connectivity index (χ0) is 40.8. The molecule has 4 nitrogen and oxygen atoms in total. The minimum atomic E-state index is -0.750. The lowest BCUT2D eigenvalue weighted by atomic mass is 9.92. The second-order valence-corrected chi connectivity index (χ2v) is 16.2. The summed E-state index contributed by atoms with van der Waals surface area (Å²) >= 11 is 14.4. The number of rotatable bonds is 11. The van der Waals surface area contributed by atoms with Gasteiger partial charge in [-0.1, -0.05) is 193 Å². The first-order valence-electron chi connectivity index (χ1n) is 19.8. The zero-order valence-corrected chi connectivity index (χ0v) is 34.8. The highest BCUT2D eigenvalue weighted by atomic mass is 35.6. The Kier molecular flexibility index (Phi) is 11.8. The van der Waals surface area contributed by atoms with Crippen LogP contribution in [0.1, 0.15) is 0 Å². The fraction of sp³-hybridized carbons (Fsp3) is 0.0943. The Morgan fingerprint density at radius 3 is 0.900 bits per heavy atom. The van der Waals surface area contributed by atoms with E-state index in [0.717, 1.165) is 98.8 Å². The van der Waals surface area contributed by atoms with Crippen molar-refractivity contribution in [2.75, 3.05) is 26.4 Å². The van der Waals surface area contributed by atoms with Crippen LogP contribution in [0.4, 0.5) is 0 Å². The molecule has 0 N–H and O–H groups in total. The highest BCUT2D eigenvalue weighted by Crippen LogP contribution is 2.46. The van der Waals surface area contributed by atoms with E-state index in [-0.39, 0.29) is 0 Å². The van der Waals surface area contributed by atoms with E-state index in [0.29, 0.717) is 26.4 Å². The first-order chi connectivity index (χ1) is 29.5. The highest BCUT2D eigenvalue weighted by molar-refractivity contribution is 6.63. The average Bonchev–Trinajstić information content (AvgIpc) is 3.28. The van der Waals surface area contributed by atoms with E-state index in [1.54, 1.807) is 0 Å². The third-order valence-corrected chi connectivity index (χ3v) is 10.6. The normalized spacial score (nSPS) is 11.3. The summed E-state index contributed by atoms with van der Waals surface area (Å²) in [6.45, 7) is 1.47. The van der Waals surface area contributed by atoms with Crippen molar-refractivity contribution in [3.8, 4) is 34.1 Å². The molecule has 0 atom stereocenters. The molecule has 0 saturated carbocycles. The van der Waals surface area contributed by atoms with Crippen molar-refractivity contribution in [2.45, 2.75) is 4.30 Å². The largest absolute Gasteiger partial charge is 0.489 e. The van der Waals surface area contributed by atoms with E-state index in [1.807, 2.05) is 0 Å². The van der Waals surface area contributed by atoms with Crippen LogP contribution in [-0.4, -0.2) is 30.7 Å². The molecule has 0 aromatic heterocycles. The van der Waals surface area contributed by atoms with E-state index in [4.69, 9.17) is 53.8 Å². The molecule has 0 fully saturated rings. The van der Waals surface area contributed by atoms with Gasteiger partial charge in [-0.25, -0.2) is 0 Å². The van der Waals surface area contributed by atoms with Gasteiger partial charge in [0.2, 0.25) is 0 Å². The molecule has 10 aromatic carbocycles. The molecule has 60 heavy (non-hydrogen) atoms. The van der Waals surface area contributed by atoms with Gasteiger partial charge in [-0.05, 0) is 67.4 Å². The van der Waals surface area contributed by atoms with E-state index in [1.165, 1.54) is 0 Å². The molecular formula is C53H39Cl3O4. The average molecular weight is 846 g/mol. The molecule has 0 heterocycles. The Labute approximate surface area is 363 Å². The third kappa shape index (κ3) is 8.20. The summed E-state index contributed by atoms with van der Waals surface area (Å²) in [4.78, 5) is 0. The predicted molar refractivity (Wildman–Crippen MR) is 253 cm³/mol. The van der Waals surface area contributed by atoms with Gasteiger partial charge < -0.3 is 18.9 Å². The maximum absolute atomic E-state index is 6.71. The van der Waals surface area contributed by atoms with Gasteiger partial charge in [0, 0.05) is 32.7 Å². The monoisotopic (exact) mass is 844 g/mol.